The van der Waals surface area contributed by atoms with E-state index in [-0.39, 0.29) is 5.91 Å². The molecule has 3 rings (SSSR count). The number of rotatable bonds is 7. The Morgan fingerprint density at radius 3 is 1.92 bits per heavy atom. The van der Waals surface area contributed by atoms with E-state index in [0.29, 0.717) is 25.1 Å². The van der Waals surface area contributed by atoms with Crippen LogP contribution in [0.4, 0.5) is 4.79 Å². The summed E-state index contributed by atoms with van der Waals surface area (Å²) in [4.78, 5) is 40.6. The van der Waals surface area contributed by atoms with Gasteiger partial charge in [-0.1, -0.05) is 60.7 Å². The van der Waals surface area contributed by atoms with Gasteiger partial charge >= 0.3 is 12.1 Å². The Morgan fingerprint density at radius 1 is 0.897 bits per heavy atom. The highest BCUT2D eigenvalue weighted by Crippen LogP contribution is 2.44. The van der Waals surface area contributed by atoms with E-state index in [1.807, 2.05) is 74.5 Å². The van der Waals surface area contributed by atoms with Crippen molar-refractivity contribution in [2.45, 2.75) is 78.2 Å². The Bertz CT molecular complexity index is 1110. The zero-order chi connectivity index (χ0) is 29.5. The fourth-order valence-electron chi connectivity index (χ4n) is 4.49. The van der Waals surface area contributed by atoms with Crippen molar-refractivity contribution in [3.63, 3.8) is 0 Å². The smallest absolute Gasteiger partial charge is 0.408 e. The molecule has 0 radical (unpaired) electrons. The number of hydrogen-bond donors (Lipinski definition) is 1. The molecule has 8 heteroatoms. The molecule has 39 heavy (non-hydrogen) atoms. The molecule has 1 saturated heterocycles. The number of alkyl carbamates (subject to hydrolysis) is 1. The van der Waals surface area contributed by atoms with Crippen LogP contribution in [0.3, 0.4) is 0 Å². The average molecular weight is 541 g/mol. The maximum atomic E-state index is 13.8. The van der Waals surface area contributed by atoms with Crippen LogP contribution in [0.1, 0.15) is 66.0 Å². The van der Waals surface area contributed by atoms with Gasteiger partial charge in [0, 0.05) is 20.1 Å². The van der Waals surface area contributed by atoms with Crippen molar-refractivity contribution < 1.29 is 28.6 Å². The van der Waals surface area contributed by atoms with E-state index in [1.165, 1.54) is 12.7 Å². The van der Waals surface area contributed by atoms with Crippen molar-refractivity contribution in [3.05, 3.63) is 71.8 Å². The predicted octanol–water partition coefficient (Wildman–Crippen LogP) is 5.45. The molecule has 8 nitrogen and oxygen atoms in total. The molecular formula is C31H44N2O6. The molecule has 1 fully saturated rings. The molecule has 0 aliphatic carbocycles. The third-order valence-electron chi connectivity index (χ3n) is 7.36. The molecule has 0 aromatic heterocycles. The Labute approximate surface area is 233 Å². The van der Waals surface area contributed by atoms with Crippen molar-refractivity contribution in [2.24, 2.45) is 5.41 Å². The lowest BCUT2D eigenvalue weighted by Crippen LogP contribution is -2.61. The van der Waals surface area contributed by atoms with Crippen LogP contribution in [-0.2, 0) is 35.9 Å². The van der Waals surface area contributed by atoms with Crippen LogP contribution in [0.2, 0.25) is 0 Å². The molecule has 0 bridgehead atoms. The van der Waals surface area contributed by atoms with Gasteiger partial charge in [-0.3, -0.25) is 9.59 Å². The van der Waals surface area contributed by atoms with E-state index in [1.54, 1.807) is 46.6 Å². The maximum Gasteiger partial charge on any atom is 0.408 e. The maximum absolute atomic E-state index is 13.8. The second-order valence-corrected chi connectivity index (χ2v) is 11.7. The fourth-order valence-corrected chi connectivity index (χ4v) is 4.49. The van der Waals surface area contributed by atoms with Crippen molar-refractivity contribution in [1.82, 2.24) is 10.2 Å². The van der Waals surface area contributed by atoms with Gasteiger partial charge in [0.2, 0.25) is 0 Å². The molecule has 1 N–H and O–H groups in total. The number of nitrogens with one attached hydrogen (secondary N) is 1. The molecule has 2 aromatic carbocycles. The van der Waals surface area contributed by atoms with E-state index < -0.39 is 34.2 Å². The Morgan fingerprint density at radius 2 is 1.44 bits per heavy atom. The first-order valence-corrected chi connectivity index (χ1v) is 13.1. The number of esters is 1. The summed E-state index contributed by atoms with van der Waals surface area (Å²) < 4.78 is 15.4. The topological polar surface area (TPSA) is 94.2 Å². The Balaban J connectivity index is 0.000000499. The summed E-state index contributed by atoms with van der Waals surface area (Å²) in [6, 6.07) is 19.2. The highest BCUT2D eigenvalue weighted by molar-refractivity contribution is 5.94. The molecule has 1 atom stereocenters. The Kier molecular flexibility index (Phi) is 10.3. The highest BCUT2D eigenvalue weighted by Gasteiger charge is 2.58. The first-order chi connectivity index (χ1) is 18.1. The first-order valence-electron chi connectivity index (χ1n) is 13.1. The van der Waals surface area contributed by atoms with E-state index >= 15 is 0 Å². The van der Waals surface area contributed by atoms with Crippen LogP contribution < -0.4 is 5.32 Å². The molecular weight excluding hydrogens is 496 g/mol. The van der Waals surface area contributed by atoms with Crippen molar-refractivity contribution >= 4 is 18.0 Å². The number of likely N-dealkylation sites (tertiary alicyclic amines) is 1. The summed E-state index contributed by atoms with van der Waals surface area (Å²) in [6.07, 6.45) is -0.304. The van der Waals surface area contributed by atoms with Gasteiger partial charge in [-0.2, -0.15) is 0 Å². The normalized spacial score (nSPS) is 17.7. The number of carbonyl (C=O) groups excluding carboxylic acids is 3. The zero-order valence-corrected chi connectivity index (χ0v) is 24.8. The van der Waals surface area contributed by atoms with Crippen molar-refractivity contribution in [2.75, 3.05) is 20.8 Å². The van der Waals surface area contributed by atoms with Crippen LogP contribution >= 0.6 is 0 Å². The molecule has 1 heterocycles. The molecule has 2 amide bonds. The molecule has 214 valence electrons. The highest BCUT2D eigenvalue weighted by atomic mass is 16.6. The van der Waals surface area contributed by atoms with E-state index in [9.17, 15) is 14.4 Å². The van der Waals surface area contributed by atoms with Crippen LogP contribution in [-0.4, -0.2) is 54.8 Å². The summed E-state index contributed by atoms with van der Waals surface area (Å²) in [5.74, 6) is -0.681. The summed E-state index contributed by atoms with van der Waals surface area (Å²) >= 11 is 0. The Hall–Kier alpha value is -3.39. The standard InChI is InChI=1S/C23H34N2O5.C8H10O/c1-20(2,3)30-19(28)24-23(16-12-10-9-11-13-16)14-15-25(17(23)26)22(6,7)21(4,5)18(27)29-8;1-9-7-8-5-3-2-4-6-8/h9-13H,14-15H2,1-8H3,(H,24,28);2-6H,7H2,1H3. The van der Waals surface area contributed by atoms with Gasteiger partial charge in [0.05, 0.1) is 24.7 Å². The molecule has 1 aliphatic rings. The van der Waals surface area contributed by atoms with Gasteiger partial charge in [-0.15, -0.1) is 0 Å². The lowest BCUT2D eigenvalue weighted by molar-refractivity contribution is -0.162. The third kappa shape index (κ3) is 7.38. The number of hydrogen-bond acceptors (Lipinski definition) is 6. The van der Waals surface area contributed by atoms with Gasteiger partial charge in [0.1, 0.15) is 11.1 Å². The second kappa shape index (κ2) is 12.6. The number of amides is 2. The summed E-state index contributed by atoms with van der Waals surface area (Å²) in [6.45, 7) is 13.6. The second-order valence-electron chi connectivity index (χ2n) is 11.7. The van der Waals surface area contributed by atoms with E-state index in [0.717, 1.165) is 0 Å². The lowest BCUT2D eigenvalue weighted by Gasteiger charge is -2.46. The van der Waals surface area contributed by atoms with E-state index in [2.05, 4.69) is 5.32 Å². The number of methoxy groups -OCH3 is 2. The van der Waals surface area contributed by atoms with Crippen molar-refractivity contribution in [1.29, 1.82) is 0 Å². The van der Waals surface area contributed by atoms with Gasteiger partial charge in [0.25, 0.3) is 5.91 Å². The monoisotopic (exact) mass is 540 g/mol. The van der Waals surface area contributed by atoms with Crippen LogP contribution in [0.5, 0.6) is 0 Å². The van der Waals surface area contributed by atoms with E-state index in [4.69, 9.17) is 14.2 Å². The van der Waals surface area contributed by atoms with Gasteiger partial charge in [-0.25, -0.2) is 4.79 Å². The zero-order valence-electron chi connectivity index (χ0n) is 24.8. The minimum atomic E-state index is -1.27. The SMILES string of the molecule is COC(=O)C(C)(C)C(C)(C)N1CCC(NC(=O)OC(C)(C)C)(c2ccccc2)C1=O.COCc1ccccc1. The summed E-state index contributed by atoms with van der Waals surface area (Å²) in [5.41, 5.74) is -1.89. The average Bonchev–Trinajstić information content (AvgIpc) is 3.21. The number of ether oxygens (including phenoxy) is 3. The minimum absolute atomic E-state index is 0.276. The molecule has 0 saturated carbocycles. The van der Waals surface area contributed by atoms with Crippen molar-refractivity contribution in [3.8, 4) is 0 Å². The molecule has 0 spiro atoms. The quantitative estimate of drug-likeness (QED) is 0.470. The predicted molar refractivity (Wildman–Crippen MR) is 151 cm³/mol. The number of benzene rings is 2. The lowest BCUT2D eigenvalue weighted by atomic mass is 9.73. The third-order valence-corrected chi connectivity index (χ3v) is 7.36. The van der Waals surface area contributed by atoms with Crippen LogP contribution in [0.15, 0.2) is 60.7 Å². The van der Waals surface area contributed by atoms with Crippen LogP contribution in [0.25, 0.3) is 0 Å². The van der Waals surface area contributed by atoms with Gasteiger partial charge < -0.3 is 24.4 Å². The van der Waals surface area contributed by atoms with Gasteiger partial charge in [-0.05, 0) is 59.6 Å². The van der Waals surface area contributed by atoms with Gasteiger partial charge in [0.15, 0.2) is 0 Å². The molecule has 1 unspecified atom stereocenters. The minimum Gasteiger partial charge on any atom is -0.469 e. The number of carbonyl (C=O) groups is 3. The molecule has 1 aliphatic heterocycles. The van der Waals surface area contributed by atoms with Crippen LogP contribution in [0, 0.1) is 5.41 Å². The first kappa shape index (κ1) is 31.8. The largest absolute Gasteiger partial charge is 0.469 e. The fraction of sp³-hybridized carbons (Fsp3) is 0.516. The molecule has 2 aromatic rings. The number of nitrogens with zero attached hydrogens (tertiary/aromatic N) is 1. The summed E-state index contributed by atoms with van der Waals surface area (Å²) in [7, 11) is 3.04. The summed E-state index contributed by atoms with van der Waals surface area (Å²) in [5, 5.41) is 2.84.